The number of thioether (sulfide) groups is 1. The first-order valence-electron chi connectivity index (χ1n) is 13.8. The smallest absolute Gasteiger partial charge is 0.230 e. The molecule has 12 heteroatoms. The molecule has 0 fully saturated rings. The first kappa shape index (κ1) is 32.9. The summed E-state index contributed by atoms with van der Waals surface area (Å²) >= 11 is 1.09. The van der Waals surface area contributed by atoms with Gasteiger partial charge < -0.3 is 30.2 Å². The molecule has 2 aromatic carbocycles. The number of rotatable bonds is 16. The van der Waals surface area contributed by atoms with Crippen LogP contribution in [-0.4, -0.2) is 55.2 Å². The Bertz CT molecular complexity index is 1450. The molecule has 11 nitrogen and oxygen atoms in total. The van der Waals surface area contributed by atoms with Gasteiger partial charge in [-0.15, -0.1) is 0 Å². The average molecular weight is 608 g/mol. The van der Waals surface area contributed by atoms with Crippen LogP contribution in [0.3, 0.4) is 0 Å². The number of pyridine rings is 1. The lowest BCUT2D eigenvalue weighted by molar-refractivity contribution is -0.121. The molecule has 1 unspecified atom stereocenters. The number of hydrogen-bond donors (Lipinski definition) is 4. The minimum atomic E-state index is -0.320. The Labute approximate surface area is 255 Å². The van der Waals surface area contributed by atoms with Gasteiger partial charge in [-0.25, -0.2) is 0 Å². The number of hydrogen-bond acceptors (Lipinski definition) is 9. The molecule has 0 saturated heterocycles. The van der Waals surface area contributed by atoms with Gasteiger partial charge in [0.2, 0.25) is 18.2 Å². The SMILES string of the molecule is CCC(=O)NC(CC/C=C/SC(=N)NC(=O)Cc1cccc(Oc2ccnc3cc(OC)c(OC)cc23)c1)CCNC=O. The van der Waals surface area contributed by atoms with Gasteiger partial charge in [-0.3, -0.25) is 24.8 Å². The number of benzene rings is 2. The summed E-state index contributed by atoms with van der Waals surface area (Å²) in [5.41, 5.74) is 1.41. The number of carbonyl (C=O) groups is 3. The van der Waals surface area contributed by atoms with Crippen molar-refractivity contribution in [2.75, 3.05) is 20.8 Å². The lowest BCUT2D eigenvalue weighted by Gasteiger charge is -2.17. The molecule has 3 amide bonds. The van der Waals surface area contributed by atoms with E-state index in [0.717, 1.165) is 22.7 Å². The zero-order chi connectivity index (χ0) is 31.0. The van der Waals surface area contributed by atoms with Crippen molar-refractivity contribution in [3.05, 3.63) is 65.7 Å². The maximum atomic E-state index is 12.6. The molecule has 4 N–H and O–H groups in total. The minimum Gasteiger partial charge on any atom is -0.493 e. The standard InChI is InChI=1S/C31H37N5O6S/c1-4-29(38)35-22(11-13-33-20-37)9-5-6-15-43-31(32)36-30(39)17-21-8-7-10-23(16-21)42-26-12-14-34-25-19-28(41-3)27(40-2)18-24(25)26/h6-8,10,12,14-16,18-20,22H,4-5,9,11,13,17H2,1-3H3,(H,33,37)(H,35,38)(H2,32,36,39)/b15-6+. The van der Waals surface area contributed by atoms with Crippen LogP contribution in [0.2, 0.25) is 0 Å². The molecule has 0 spiro atoms. The summed E-state index contributed by atoms with van der Waals surface area (Å²) in [5.74, 6) is 1.90. The molecule has 0 aliphatic carbocycles. The van der Waals surface area contributed by atoms with Gasteiger partial charge in [-0.05, 0) is 54.5 Å². The van der Waals surface area contributed by atoms with Crippen LogP contribution < -0.4 is 30.2 Å². The fraction of sp³-hybridized carbons (Fsp3) is 0.323. The molecule has 1 aromatic heterocycles. The normalized spacial score (nSPS) is 11.5. The van der Waals surface area contributed by atoms with Gasteiger partial charge in [0, 0.05) is 36.7 Å². The van der Waals surface area contributed by atoms with E-state index >= 15 is 0 Å². The molecule has 0 radical (unpaired) electrons. The van der Waals surface area contributed by atoms with E-state index < -0.39 is 0 Å². The van der Waals surface area contributed by atoms with E-state index in [1.54, 1.807) is 63.1 Å². The van der Waals surface area contributed by atoms with Gasteiger partial charge >= 0.3 is 0 Å². The van der Waals surface area contributed by atoms with Crippen molar-refractivity contribution in [2.45, 2.75) is 45.1 Å². The molecular weight excluding hydrogens is 570 g/mol. The molecule has 228 valence electrons. The molecule has 0 saturated carbocycles. The van der Waals surface area contributed by atoms with E-state index in [4.69, 9.17) is 19.6 Å². The topological polar surface area (TPSA) is 152 Å². The Morgan fingerprint density at radius 3 is 2.58 bits per heavy atom. The summed E-state index contributed by atoms with van der Waals surface area (Å²) < 4.78 is 16.9. The van der Waals surface area contributed by atoms with Crippen molar-refractivity contribution in [1.82, 2.24) is 20.9 Å². The molecule has 1 atom stereocenters. The summed E-state index contributed by atoms with van der Waals surface area (Å²) in [6.45, 7) is 2.27. The van der Waals surface area contributed by atoms with E-state index in [0.29, 0.717) is 67.2 Å². The zero-order valence-corrected chi connectivity index (χ0v) is 25.3. The van der Waals surface area contributed by atoms with Gasteiger partial charge in [0.25, 0.3) is 0 Å². The second-order valence-corrected chi connectivity index (χ2v) is 10.3. The first-order valence-corrected chi connectivity index (χ1v) is 14.7. The van der Waals surface area contributed by atoms with Crippen LogP contribution in [0.15, 0.2) is 60.1 Å². The molecule has 0 aliphatic heterocycles. The largest absolute Gasteiger partial charge is 0.493 e. The maximum Gasteiger partial charge on any atom is 0.230 e. The highest BCUT2D eigenvalue weighted by Crippen LogP contribution is 2.37. The number of methoxy groups -OCH3 is 2. The van der Waals surface area contributed by atoms with Gasteiger partial charge in [0.15, 0.2) is 16.7 Å². The molecule has 3 aromatic rings. The second kappa shape index (κ2) is 17.4. The lowest BCUT2D eigenvalue weighted by atomic mass is 10.1. The summed E-state index contributed by atoms with van der Waals surface area (Å²) in [6, 6.07) is 12.5. The van der Waals surface area contributed by atoms with Gasteiger partial charge in [0.05, 0.1) is 26.2 Å². The molecular formula is C31H37N5O6S. The number of amidine groups is 1. The number of fused-ring (bicyclic) bond motifs is 1. The highest BCUT2D eigenvalue weighted by atomic mass is 32.2. The van der Waals surface area contributed by atoms with Crippen molar-refractivity contribution >= 4 is 46.1 Å². The number of ether oxygens (including phenoxy) is 3. The molecule has 0 bridgehead atoms. The van der Waals surface area contributed by atoms with Gasteiger partial charge in [-0.2, -0.15) is 0 Å². The van der Waals surface area contributed by atoms with Gasteiger partial charge in [0.1, 0.15) is 11.5 Å². The van der Waals surface area contributed by atoms with Crippen molar-refractivity contribution in [3.63, 3.8) is 0 Å². The monoisotopic (exact) mass is 607 g/mol. The van der Waals surface area contributed by atoms with Crippen molar-refractivity contribution in [1.29, 1.82) is 5.41 Å². The van der Waals surface area contributed by atoms with E-state index in [1.165, 1.54) is 0 Å². The van der Waals surface area contributed by atoms with Gasteiger partial charge in [-0.1, -0.05) is 36.9 Å². The number of nitrogens with zero attached hydrogens (tertiary/aromatic N) is 1. The number of nitrogens with one attached hydrogen (secondary N) is 4. The van der Waals surface area contributed by atoms with Crippen LogP contribution in [0.5, 0.6) is 23.0 Å². The minimum absolute atomic E-state index is 0.00676. The molecule has 43 heavy (non-hydrogen) atoms. The Balaban J connectivity index is 1.51. The zero-order valence-electron chi connectivity index (χ0n) is 24.5. The third kappa shape index (κ3) is 10.6. The predicted octanol–water partition coefficient (Wildman–Crippen LogP) is 4.70. The molecule has 0 aliphatic rings. The van der Waals surface area contributed by atoms with E-state index in [9.17, 15) is 14.4 Å². The van der Waals surface area contributed by atoms with E-state index in [1.807, 2.05) is 18.2 Å². The van der Waals surface area contributed by atoms with Crippen LogP contribution in [-0.2, 0) is 20.8 Å². The first-order chi connectivity index (χ1) is 20.9. The van der Waals surface area contributed by atoms with Crippen LogP contribution in [0.4, 0.5) is 0 Å². The van der Waals surface area contributed by atoms with Crippen molar-refractivity contribution in [2.24, 2.45) is 0 Å². The predicted molar refractivity (Wildman–Crippen MR) is 168 cm³/mol. The Kier molecular flexibility index (Phi) is 13.3. The number of aromatic nitrogens is 1. The summed E-state index contributed by atoms with van der Waals surface area (Å²) in [6.07, 6.45) is 6.63. The van der Waals surface area contributed by atoms with Crippen LogP contribution in [0.1, 0.15) is 38.2 Å². The fourth-order valence-electron chi connectivity index (χ4n) is 4.18. The van der Waals surface area contributed by atoms with E-state index in [2.05, 4.69) is 20.9 Å². The Morgan fingerprint density at radius 1 is 1.05 bits per heavy atom. The Hall–Kier alpha value is -4.58. The quantitative estimate of drug-likeness (QED) is 0.0792. The highest BCUT2D eigenvalue weighted by molar-refractivity contribution is 8.16. The number of amides is 3. The average Bonchev–Trinajstić information content (AvgIpc) is 3.00. The number of allylic oxidation sites excluding steroid dienone is 1. The highest BCUT2D eigenvalue weighted by Gasteiger charge is 2.13. The summed E-state index contributed by atoms with van der Waals surface area (Å²) in [4.78, 5) is 39.2. The van der Waals surface area contributed by atoms with Crippen molar-refractivity contribution in [3.8, 4) is 23.0 Å². The maximum absolute atomic E-state index is 12.6. The summed E-state index contributed by atoms with van der Waals surface area (Å²) in [7, 11) is 3.13. The van der Waals surface area contributed by atoms with Crippen LogP contribution in [0, 0.1) is 5.41 Å². The molecule has 1 heterocycles. The lowest BCUT2D eigenvalue weighted by Crippen LogP contribution is -2.36. The van der Waals surface area contributed by atoms with Crippen LogP contribution in [0.25, 0.3) is 10.9 Å². The van der Waals surface area contributed by atoms with Crippen molar-refractivity contribution < 1.29 is 28.6 Å². The van der Waals surface area contributed by atoms with Crippen LogP contribution >= 0.6 is 11.8 Å². The van der Waals surface area contributed by atoms with E-state index in [-0.39, 0.29) is 29.4 Å². The Morgan fingerprint density at radius 2 is 1.84 bits per heavy atom. The fourth-order valence-corrected chi connectivity index (χ4v) is 4.73. The molecule has 3 rings (SSSR count). The summed E-state index contributed by atoms with van der Waals surface area (Å²) in [5, 5.41) is 18.7. The second-order valence-electron chi connectivity index (χ2n) is 9.38. The third-order valence-electron chi connectivity index (χ3n) is 6.32. The third-order valence-corrected chi connectivity index (χ3v) is 6.99. The number of carbonyl (C=O) groups excluding carboxylic acids is 3.